The highest BCUT2D eigenvalue weighted by atomic mass is 16.4. The molecule has 114 valence electrons. The summed E-state index contributed by atoms with van der Waals surface area (Å²) in [5, 5.41) is 0. The van der Waals surface area contributed by atoms with Gasteiger partial charge in [0.1, 0.15) is 11.6 Å². The minimum atomic E-state index is 0.553. The second-order valence-corrected chi connectivity index (χ2v) is 5.91. The first-order chi connectivity index (χ1) is 10.1. The summed E-state index contributed by atoms with van der Waals surface area (Å²) in [4.78, 5) is 13.5. The molecular weight excluding hydrogens is 266 g/mol. The number of rotatable bonds is 5. The third kappa shape index (κ3) is 3.33. The van der Waals surface area contributed by atoms with E-state index < -0.39 is 0 Å². The number of likely N-dealkylation sites (tertiary alicyclic amines) is 1. The molecule has 0 radical (unpaired) electrons. The Hall–Kier alpha value is -1.66. The quantitative estimate of drug-likeness (QED) is 0.833. The van der Waals surface area contributed by atoms with Gasteiger partial charge in [0.05, 0.1) is 19.3 Å². The minimum absolute atomic E-state index is 0.553. The van der Waals surface area contributed by atoms with Crippen LogP contribution in [-0.2, 0) is 20.1 Å². The molecule has 3 rings (SSSR count). The van der Waals surface area contributed by atoms with Gasteiger partial charge < -0.3 is 8.98 Å². The zero-order valence-corrected chi connectivity index (χ0v) is 13.0. The summed E-state index contributed by atoms with van der Waals surface area (Å²) >= 11 is 0. The topological polar surface area (TPSA) is 50.3 Å². The molecular formula is C15H23N5O. The first-order valence-electron chi connectivity index (χ1n) is 7.42. The van der Waals surface area contributed by atoms with E-state index in [-0.39, 0.29) is 0 Å². The van der Waals surface area contributed by atoms with Gasteiger partial charge in [-0.15, -0.1) is 0 Å². The summed E-state index contributed by atoms with van der Waals surface area (Å²) < 4.78 is 7.65. The van der Waals surface area contributed by atoms with Crippen LogP contribution in [0.15, 0.2) is 23.0 Å². The van der Waals surface area contributed by atoms with E-state index in [0.29, 0.717) is 6.04 Å². The Labute approximate surface area is 125 Å². The van der Waals surface area contributed by atoms with E-state index >= 15 is 0 Å². The van der Waals surface area contributed by atoms with Gasteiger partial charge in [-0.25, -0.2) is 9.97 Å². The molecule has 0 unspecified atom stereocenters. The molecule has 2 aromatic heterocycles. The average Bonchev–Trinajstić information content (AvgIpc) is 3.14. The minimum Gasteiger partial charge on any atom is -0.445 e. The molecule has 1 saturated heterocycles. The standard InChI is InChI=1S/C15H23N5O/c1-12-8-17-15(21-12)11-19(3)13-4-6-20(9-13)10-14-16-5-7-18(14)2/h5,7-8,13H,4,6,9-11H2,1-3H3/t13-/m0/s1. The summed E-state index contributed by atoms with van der Waals surface area (Å²) in [5.74, 6) is 2.81. The molecule has 0 aromatic carbocycles. The molecule has 21 heavy (non-hydrogen) atoms. The SMILES string of the molecule is Cc1cnc(CN(C)[C@H]2CCN(Cc3nccn3C)C2)o1. The molecule has 1 aliphatic heterocycles. The summed E-state index contributed by atoms with van der Waals surface area (Å²) in [5.41, 5.74) is 0. The number of likely N-dealkylation sites (N-methyl/N-ethyl adjacent to an activating group) is 1. The van der Waals surface area contributed by atoms with Gasteiger partial charge in [0.25, 0.3) is 0 Å². The lowest BCUT2D eigenvalue weighted by Crippen LogP contribution is -2.34. The highest BCUT2D eigenvalue weighted by Gasteiger charge is 2.27. The Bertz CT molecular complexity index is 590. The van der Waals surface area contributed by atoms with Crippen molar-refractivity contribution < 1.29 is 4.42 Å². The van der Waals surface area contributed by atoms with Crippen molar-refractivity contribution in [3.8, 4) is 0 Å². The van der Waals surface area contributed by atoms with Gasteiger partial charge >= 0.3 is 0 Å². The van der Waals surface area contributed by atoms with Crippen LogP contribution in [0.1, 0.15) is 23.9 Å². The molecule has 6 heteroatoms. The lowest BCUT2D eigenvalue weighted by molar-refractivity contribution is 0.203. The van der Waals surface area contributed by atoms with Crippen molar-refractivity contribution in [1.29, 1.82) is 0 Å². The molecule has 1 fully saturated rings. The zero-order chi connectivity index (χ0) is 14.8. The molecule has 0 bridgehead atoms. The Kier molecular flexibility index (Phi) is 4.07. The normalized spacial score (nSPS) is 19.7. The van der Waals surface area contributed by atoms with Crippen LogP contribution in [0.4, 0.5) is 0 Å². The zero-order valence-electron chi connectivity index (χ0n) is 13.0. The van der Waals surface area contributed by atoms with Crippen LogP contribution < -0.4 is 0 Å². The smallest absolute Gasteiger partial charge is 0.208 e. The number of nitrogens with zero attached hydrogens (tertiary/aromatic N) is 5. The largest absolute Gasteiger partial charge is 0.445 e. The van der Waals surface area contributed by atoms with E-state index in [2.05, 4.69) is 31.4 Å². The van der Waals surface area contributed by atoms with Crippen molar-refractivity contribution in [2.75, 3.05) is 20.1 Å². The van der Waals surface area contributed by atoms with Gasteiger partial charge in [-0.2, -0.15) is 0 Å². The fourth-order valence-electron chi connectivity index (χ4n) is 2.88. The first kappa shape index (κ1) is 14.3. The third-order valence-electron chi connectivity index (χ3n) is 4.21. The highest BCUT2D eigenvalue weighted by molar-refractivity contribution is 4.95. The number of aryl methyl sites for hydroxylation is 2. The van der Waals surface area contributed by atoms with Crippen molar-refractivity contribution in [2.24, 2.45) is 7.05 Å². The molecule has 6 nitrogen and oxygen atoms in total. The molecule has 3 heterocycles. The molecule has 2 aromatic rings. The van der Waals surface area contributed by atoms with Crippen molar-refractivity contribution in [3.05, 3.63) is 36.1 Å². The van der Waals surface area contributed by atoms with Gasteiger partial charge in [0, 0.05) is 38.6 Å². The van der Waals surface area contributed by atoms with E-state index in [9.17, 15) is 0 Å². The maximum atomic E-state index is 5.56. The Balaban J connectivity index is 1.53. The Morgan fingerprint density at radius 2 is 2.29 bits per heavy atom. The average molecular weight is 289 g/mol. The number of imidazole rings is 1. The first-order valence-corrected chi connectivity index (χ1v) is 7.42. The van der Waals surface area contributed by atoms with Crippen LogP contribution in [0, 0.1) is 6.92 Å². The van der Waals surface area contributed by atoms with Crippen LogP contribution in [0.3, 0.4) is 0 Å². The van der Waals surface area contributed by atoms with Gasteiger partial charge in [-0.1, -0.05) is 0 Å². The number of hydrogen-bond acceptors (Lipinski definition) is 5. The molecule has 0 saturated carbocycles. The van der Waals surface area contributed by atoms with Crippen molar-refractivity contribution in [2.45, 2.75) is 32.5 Å². The number of oxazole rings is 1. The van der Waals surface area contributed by atoms with E-state index in [1.807, 2.05) is 26.4 Å². The molecule has 0 N–H and O–H groups in total. The van der Waals surface area contributed by atoms with E-state index in [4.69, 9.17) is 4.42 Å². The molecule has 0 spiro atoms. The van der Waals surface area contributed by atoms with E-state index in [0.717, 1.165) is 43.7 Å². The van der Waals surface area contributed by atoms with Crippen LogP contribution in [0.5, 0.6) is 0 Å². The van der Waals surface area contributed by atoms with Crippen LogP contribution in [-0.4, -0.2) is 50.5 Å². The van der Waals surface area contributed by atoms with E-state index in [1.165, 1.54) is 6.42 Å². The lowest BCUT2D eigenvalue weighted by Gasteiger charge is -2.23. The molecule has 1 aliphatic rings. The second kappa shape index (κ2) is 5.99. The van der Waals surface area contributed by atoms with Gasteiger partial charge in [0.2, 0.25) is 5.89 Å². The van der Waals surface area contributed by atoms with Gasteiger partial charge in [0.15, 0.2) is 0 Å². The maximum Gasteiger partial charge on any atom is 0.208 e. The fraction of sp³-hybridized carbons (Fsp3) is 0.600. The summed E-state index contributed by atoms with van der Waals surface area (Å²) in [7, 11) is 4.20. The summed E-state index contributed by atoms with van der Waals surface area (Å²) in [6.45, 7) is 5.82. The Morgan fingerprint density at radius 1 is 1.43 bits per heavy atom. The maximum absolute atomic E-state index is 5.56. The van der Waals surface area contributed by atoms with Crippen LogP contribution >= 0.6 is 0 Å². The van der Waals surface area contributed by atoms with Crippen molar-refractivity contribution in [1.82, 2.24) is 24.3 Å². The number of hydrogen-bond donors (Lipinski definition) is 0. The summed E-state index contributed by atoms with van der Waals surface area (Å²) in [6.07, 6.45) is 6.83. The van der Waals surface area contributed by atoms with Crippen molar-refractivity contribution in [3.63, 3.8) is 0 Å². The molecule has 1 atom stereocenters. The predicted molar refractivity (Wildman–Crippen MR) is 79.6 cm³/mol. The molecule has 0 aliphatic carbocycles. The van der Waals surface area contributed by atoms with Gasteiger partial charge in [-0.3, -0.25) is 9.80 Å². The predicted octanol–water partition coefficient (Wildman–Crippen LogP) is 1.42. The highest BCUT2D eigenvalue weighted by Crippen LogP contribution is 2.18. The monoisotopic (exact) mass is 289 g/mol. The lowest BCUT2D eigenvalue weighted by atomic mass is 10.2. The Morgan fingerprint density at radius 3 is 2.95 bits per heavy atom. The van der Waals surface area contributed by atoms with Crippen LogP contribution in [0.2, 0.25) is 0 Å². The van der Waals surface area contributed by atoms with E-state index in [1.54, 1.807) is 6.20 Å². The fourth-order valence-corrected chi connectivity index (χ4v) is 2.88. The number of aromatic nitrogens is 3. The van der Waals surface area contributed by atoms with Crippen LogP contribution in [0.25, 0.3) is 0 Å². The summed E-state index contributed by atoms with van der Waals surface area (Å²) in [6, 6.07) is 0.553. The second-order valence-electron chi connectivity index (χ2n) is 5.91. The molecule has 0 amide bonds. The van der Waals surface area contributed by atoms with Crippen molar-refractivity contribution >= 4 is 0 Å². The third-order valence-corrected chi connectivity index (χ3v) is 4.21. The van der Waals surface area contributed by atoms with Gasteiger partial charge in [-0.05, 0) is 20.4 Å².